The monoisotopic (exact) mass is 287 g/mol. The van der Waals surface area contributed by atoms with Gasteiger partial charge in [0.15, 0.2) is 6.61 Å². The molecule has 0 radical (unpaired) electrons. The number of carbonyl (C=O) groups is 1. The van der Waals surface area contributed by atoms with Crippen molar-refractivity contribution in [2.24, 2.45) is 0 Å². The summed E-state index contributed by atoms with van der Waals surface area (Å²) in [6.45, 7) is -0.0898. The van der Waals surface area contributed by atoms with Gasteiger partial charge in [-0.25, -0.2) is 0 Å². The van der Waals surface area contributed by atoms with Crippen LogP contribution < -0.4 is 19.9 Å². The predicted octanol–water partition coefficient (Wildman–Crippen LogP) is 2.55. The average molecular weight is 287 g/mol. The van der Waals surface area contributed by atoms with Crippen LogP contribution in [-0.2, 0) is 0 Å². The maximum atomic E-state index is 12.2. The zero-order valence-electron chi connectivity index (χ0n) is 12.0. The lowest BCUT2D eigenvalue weighted by atomic mass is 10.1. The summed E-state index contributed by atoms with van der Waals surface area (Å²) >= 11 is 0. The summed E-state index contributed by atoms with van der Waals surface area (Å²) in [4.78, 5) is 12.2. The Bertz CT molecular complexity index is 623. The Kier molecular flexibility index (Phi) is 4.66. The number of methoxy groups -OCH3 is 2. The first-order chi connectivity index (χ1) is 10.1. The number of ether oxygens (including phenoxy) is 3. The molecular weight excluding hydrogens is 270 g/mol. The fourth-order valence-electron chi connectivity index (χ4n) is 1.82. The third kappa shape index (κ3) is 3.66. The number of anilines is 1. The number of nitrogen functional groups attached to an aromatic ring is 1. The molecule has 0 bridgehead atoms. The predicted molar refractivity (Wildman–Crippen MR) is 80.2 cm³/mol. The van der Waals surface area contributed by atoms with Crippen LogP contribution in [-0.4, -0.2) is 26.6 Å². The zero-order chi connectivity index (χ0) is 15.2. The largest absolute Gasteiger partial charge is 0.497 e. The van der Waals surface area contributed by atoms with E-state index < -0.39 is 0 Å². The second-order valence-electron chi connectivity index (χ2n) is 4.35. The van der Waals surface area contributed by atoms with E-state index >= 15 is 0 Å². The van der Waals surface area contributed by atoms with E-state index in [1.165, 1.54) is 7.11 Å². The van der Waals surface area contributed by atoms with Gasteiger partial charge in [0.1, 0.15) is 17.2 Å². The first-order valence-corrected chi connectivity index (χ1v) is 6.37. The van der Waals surface area contributed by atoms with Gasteiger partial charge in [0, 0.05) is 5.69 Å². The van der Waals surface area contributed by atoms with E-state index in [4.69, 9.17) is 19.9 Å². The normalized spacial score (nSPS) is 10.0. The molecule has 0 atom stereocenters. The smallest absolute Gasteiger partial charge is 0.204 e. The average Bonchev–Trinajstić information content (AvgIpc) is 2.53. The highest BCUT2D eigenvalue weighted by Gasteiger charge is 2.14. The number of hydrogen-bond acceptors (Lipinski definition) is 5. The summed E-state index contributed by atoms with van der Waals surface area (Å²) in [5.74, 6) is 1.47. The number of Topliss-reactive ketones (excluding diaryl/α,β-unsaturated/α-hetero) is 1. The van der Waals surface area contributed by atoms with Crippen molar-refractivity contribution in [1.82, 2.24) is 0 Å². The van der Waals surface area contributed by atoms with Crippen LogP contribution in [0.25, 0.3) is 0 Å². The molecule has 0 saturated carbocycles. The van der Waals surface area contributed by atoms with E-state index in [-0.39, 0.29) is 12.4 Å². The van der Waals surface area contributed by atoms with E-state index in [1.54, 1.807) is 49.6 Å². The highest BCUT2D eigenvalue weighted by atomic mass is 16.5. The number of benzene rings is 2. The van der Waals surface area contributed by atoms with Gasteiger partial charge in [-0.2, -0.15) is 0 Å². The van der Waals surface area contributed by atoms with Crippen LogP contribution in [0.5, 0.6) is 17.2 Å². The van der Waals surface area contributed by atoms with E-state index in [0.717, 1.165) is 0 Å². The van der Waals surface area contributed by atoms with Crippen LogP contribution in [0.1, 0.15) is 10.4 Å². The summed E-state index contributed by atoms with van der Waals surface area (Å²) in [5.41, 5.74) is 6.66. The van der Waals surface area contributed by atoms with Crippen LogP contribution in [0.2, 0.25) is 0 Å². The van der Waals surface area contributed by atoms with Gasteiger partial charge in [0.25, 0.3) is 0 Å². The summed E-state index contributed by atoms with van der Waals surface area (Å²) < 4.78 is 15.8. The molecule has 0 spiro atoms. The van der Waals surface area contributed by atoms with Crippen molar-refractivity contribution in [3.05, 3.63) is 48.0 Å². The number of carbonyl (C=O) groups excluding carboxylic acids is 1. The molecule has 0 aliphatic heterocycles. The second kappa shape index (κ2) is 6.65. The minimum Gasteiger partial charge on any atom is -0.497 e. The lowest BCUT2D eigenvalue weighted by molar-refractivity contribution is 0.0918. The number of ketones is 1. The van der Waals surface area contributed by atoms with Crippen molar-refractivity contribution in [2.45, 2.75) is 0 Å². The van der Waals surface area contributed by atoms with Crippen molar-refractivity contribution in [3.63, 3.8) is 0 Å². The van der Waals surface area contributed by atoms with Gasteiger partial charge in [-0.05, 0) is 42.5 Å². The van der Waals surface area contributed by atoms with E-state index in [2.05, 4.69) is 0 Å². The van der Waals surface area contributed by atoms with Gasteiger partial charge >= 0.3 is 0 Å². The van der Waals surface area contributed by atoms with Crippen LogP contribution in [0.15, 0.2) is 42.5 Å². The van der Waals surface area contributed by atoms with Crippen LogP contribution in [0, 0.1) is 0 Å². The molecule has 0 fully saturated rings. The zero-order valence-corrected chi connectivity index (χ0v) is 12.0. The quantitative estimate of drug-likeness (QED) is 0.653. The van der Waals surface area contributed by atoms with Crippen molar-refractivity contribution in [2.75, 3.05) is 26.6 Å². The molecule has 0 saturated heterocycles. The maximum absolute atomic E-state index is 12.2. The summed E-state index contributed by atoms with van der Waals surface area (Å²) in [5, 5.41) is 0. The molecule has 2 aromatic rings. The SMILES string of the molecule is COc1ccc(OC)c(C(=O)COc2ccc(N)cc2)c1. The van der Waals surface area contributed by atoms with E-state index in [1.807, 2.05) is 0 Å². The lowest BCUT2D eigenvalue weighted by Crippen LogP contribution is -2.13. The van der Waals surface area contributed by atoms with Crippen molar-refractivity contribution >= 4 is 11.5 Å². The highest BCUT2D eigenvalue weighted by molar-refractivity contribution is 6.00. The van der Waals surface area contributed by atoms with Gasteiger partial charge in [-0.3, -0.25) is 4.79 Å². The molecule has 2 rings (SSSR count). The maximum Gasteiger partial charge on any atom is 0.204 e. The molecule has 5 heteroatoms. The Morgan fingerprint density at radius 1 is 1.00 bits per heavy atom. The Labute approximate surface area is 123 Å². The van der Waals surface area contributed by atoms with Gasteiger partial charge in [0.2, 0.25) is 5.78 Å². The van der Waals surface area contributed by atoms with Crippen LogP contribution >= 0.6 is 0 Å². The van der Waals surface area contributed by atoms with Gasteiger partial charge < -0.3 is 19.9 Å². The Morgan fingerprint density at radius 3 is 2.29 bits per heavy atom. The molecule has 0 aromatic heterocycles. The molecule has 0 amide bonds. The second-order valence-corrected chi connectivity index (χ2v) is 4.35. The Morgan fingerprint density at radius 2 is 1.67 bits per heavy atom. The van der Waals surface area contributed by atoms with E-state index in [9.17, 15) is 4.79 Å². The number of hydrogen-bond donors (Lipinski definition) is 1. The van der Waals surface area contributed by atoms with E-state index in [0.29, 0.717) is 28.5 Å². The van der Waals surface area contributed by atoms with Gasteiger partial charge in [-0.15, -0.1) is 0 Å². The standard InChI is InChI=1S/C16H17NO4/c1-19-13-7-8-16(20-2)14(9-13)15(18)10-21-12-5-3-11(17)4-6-12/h3-9H,10,17H2,1-2H3. The fraction of sp³-hybridized carbons (Fsp3) is 0.188. The molecule has 2 N–H and O–H groups in total. The minimum absolute atomic E-state index is 0.0898. The topological polar surface area (TPSA) is 70.8 Å². The number of nitrogens with two attached hydrogens (primary N) is 1. The molecule has 2 aromatic carbocycles. The first kappa shape index (κ1) is 14.7. The molecule has 110 valence electrons. The summed E-state index contributed by atoms with van der Waals surface area (Å²) in [6.07, 6.45) is 0. The Balaban J connectivity index is 2.10. The molecule has 0 aliphatic rings. The summed E-state index contributed by atoms with van der Waals surface area (Å²) in [7, 11) is 3.06. The molecule has 5 nitrogen and oxygen atoms in total. The van der Waals surface area contributed by atoms with Crippen LogP contribution in [0.3, 0.4) is 0 Å². The molecular formula is C16H17NO4. The molecule has 0 unspecified atom stereocenters. The number of rotatable bonds is 6. The highest BCUT2D eigenvalue weighted by Crippen LogP contribution is 2.24. The van der Waals surface area contributed by atoms with Gasteiger partial charge in [-0.1, -0.05) is 0 Å². The first-order valence-electron chi connectivity index (χ1n) is 6.37. The lowest BCUT2D eigenvalue weighted by Gasteiger charge is -2.10. The van der Waals surface area contributed by atoms with Crippen molar-refractivity contribution in [3.8, 4) is 17.2 Å². The van der Waals surface area contributed by atoms with Gasteiger partial charge in [0.05, 0.1) is 19.8 Å². The minimum atomic E-state index is -0.192. The third-order valence-corrected chi connectivity index (χ3v) is 2.96. The fourth-order valence-corrected chi connectivity index (χ4v) is 1.82. The molecule has 0 heterocycles. The van der Waals surface area contributed by atoms with Crippen molar-refractivity contribution in [1.29, 1.82) is 0 Å². The molecule has 0 aliphatic carbocycles. The molecule has 21 heavy (non-hydrogen) atoms. The van der Waals surface area contributed by atoms with Crippen molar-refractivity contribution < 1.29 is 19.0 Å². The third-order valence-electron chi connectivity index (χ3n) is 2.96. The Hall–Kier alpha value is -2.69. The summed E-state index contributed by atoms with van der Waals surface area (Å²) in [6, 6.07) is 11.9. The van der Waals surface area contributed by atoms with Crippen LogP contribution in [0.4, 0.5) is 5.69 Å².